The zero-order valence-corrected chi connectivity index (χ0v) is 12.7. The molecule has 0 aromatic carbocycles. The van der Waals surface area contributed by atoms with Crippen molar-refractivity contribution in [1.29, 1.82) is 0 Å². The normalized spacial score (nSPS) is 29.3. The van der Waals surface area contributed by atoms with E-state index in [1.807, 2.05) is 14.0 Å². The molecule has 3 rings (SSSR count). The van der Waals surface area contributed by atoms with Crippen molar-refractivity contribution in [2.75, 3.05) is 20.2 Å². The van der Waals surface area contributed by atoms with Gasteiger partial charge in [0.2, 0.25) is 0 Å². The first-order valence-corrected chi connectivity index (χ1v) is 7.65. The minimum absolute atomic E-state index is 0.116. The summed E-state index contributed by atoms with van der Waals surface area (Å²) < 4.78 is 7.35. The number of hydrogen-bond donors (Lipinski definition) is 1. The molecule has 1 fully saturated rings. The number of nitrogens with one attached hydrogen (secondary N) is 1. The van der Waals surface area contributed by atoms with E-state index in [-0.39, 0.29) is 5.97 Å². The molecule has 7 heteroatoms. The minimum Gasteiger partial charge on any atom is -0.465 e. The third-order valence-electron chi connectivity index (χ3n) is 4.82. The Morgan fingerprint density at radius 3 is 3.19 bits per heavy atom. The predicted molar refractivity (Wildman–Crippen MR) is 76.5 cm³/mol. The second-order valence-electron chi connectivity index (χ2n) is 5.86. The lowest BCUT2D eigenvalue weighted by molar-refractivity contribution is -0.151. The van der Waals surface area contributed by atoms with Crippen LogP contribution in [0.2, 0.25) is 0 Å². The first kappa shape index (κ1) is 14.5. The van der Waals surface area contributed by atoms with Crippen LogP contribution in [0.1, 0.15) is 32.0 Å². The van der Waals surface area contributed by atoms with Gasteiger partial charge in [0.25, 0.3) is 0 Å². The van der Waals surface area contributed by atoms with Crippen LogP contribution in [0.4, 0.5) is 0 Å². The van der Waals surface area contributed by atoms with Crippen molar-refractivity contribution < 1.29 is 9.53 Å². The Morgan fingerprint density at radius 2 is 2.43 bits per heavy atom. The van der Waals surface area contributed by atoms with Gasteiger partial charge in [-0.05, 0) is 33.2 Å². The van der Waals surface area contributed by atoms with Crippen LogP contribution in [-0.4, -0.2) is 57.4 Å². The monoisotopic (exact) mass is 293 g/mol. The maximum absolute atomic E-state index is 12.3. The van der Waals surface area contributed by atoms with Crippen molar-refractivity contribution in [3.8, 4) is 0 Å². The molecule has 0 saturated heterocycles. The van der Waals surface area contributed by atoms with E-state index < -0.39 is 5.54 Å². The molecule has 1 aromatic heterocycles. The molecule has 2 heterocycles. The Labute approximate surface area is 124 Å². The summed E-state index contributed by atoms with van der Waals surface area (Å²) in [6.07, 6.45) is 4.43. The van der Waals surface area contributed by atoms with Crippen molar-refractivity contribution in [3.05, 3.63) is 12.2 Å². The van der Waals surface area contributed by atoms with Gasteiger partial charge in [0, 0.05) is 19.1 Å². The summed E-state index contributed by atoms with van der Waals surface area (Å²) in [6.45, 7) is 5.00. The van der Waals surface area contributed by atoms with Crippen LogP contribution in [0.15, 0.2) is 6.33 Å². The number of esters is 1. The van der Waals surface area contributed by atoms with Gasteiger partial charge < -0.3 is 14.6 Å². The largest absolute Gasteiger partial charge is 0.465 e. The predicted octanol–water partition coefficient (Wildman–Crippen LogP) is 0.168. The topological polar surface area (TPSA) is 72.3 Å². The fourth-order valence-corrected chi connectivity index (χ4v) is 3.51. The summed E-state index contributed by atoms with van der Waals surface area (Å²) in [7, 11) is 1.85. The van der Waals surface area contributed by atoms with Crippen molar-refractivity contribution in [1.82, 2.24) is 25.0 Å². The van der Waals surface area contributed by atoms with Crippen LogP contribution in [0.5, 0.6) is 0 Å². The Hall–Kier alpha value is -1.47. The van der Waals surface area contributed by atoms with Crippen molar-refractivity contribution in [2.45, 2.75) is 50.9 Å². The first-order valence-electron chi connectivity index (χ1n) is 7.65. The van der Waals surface area contributed by atoms with E-state index >= 15 is 0 Å². The van der Waals surface area contributed by atoms with Crippen molar-refractivity contribution in [3.63, 3.8) is 0 Å². The van der Waals surface area contributed by atoms with Crippen LogP contribution in [0.3, 0.4) is 0 Å². The number of rotatable bonds is 4. The molecule has 2 unspecified atom stereocenters. The molecule has 0 amide bonds. The lowest BCUT2D eigenvalue weighted by atomic mass is 9.97. The Kier molecular flexibility index (Phi) is 3.95. The maximum atomic E-state index is 12.3. The molecule has 1 aliphatic carbocycles. The zero-order valence-electron chi connectivity index (χ0n) is 12.7. The molecule has 7 nitrogen and oxygen atoms in total. The fourth-order valence-electron chi connectivity index (χ4n) is 3.51. The molecule has 0 spiro atoms. The Morgan fingerprint density at radius 1 is 1.57 bits per heavy atom. The van der Waals surface area contributed by atoms with E-state index in [0.29, 0.717) is 12.6 Å². The molecule has 2 atom stereocenters. The van der Waals surface area contributed by atoms with Gasteiger partial charge in [-0.3, -0.25) is 9.69 Å². The molecular formula is C14H23N5O2. The highest BCUT2D eigenvalue weighted by atomic mass is 16.5. The SMILES string of the molecule is CCOC(=O)C1(NC)CCC(N2CCn3cnnc3C2)C1. The van der Waals surface area contributed by atoms with Gasteiger partial charge >= 0.3 is 5.97 Å². The van der Waals surface area contributed by atoms with Crippen LogP contribution in [0.25, 0.3) is 0 Å². The standard InChI is InChI=1S/C14H23N5O2/c1-3-21-13(20)14(15-2)5-4-11(8-14)18-6-7-19-10-16-17-12(19)9-18/h10-11,15H,3-9H2,1-2H3. The lowest BCUT2D eigenvalue weighted by Crippen LogP contribution is -2.51. The van der Waals surface area contributed by atoms with E-state index in [9.17, 15) is 4.79 Å². The van der Waals surface area contributed by atoms with Gasteiger partial charge in [-0.2, -0.15) is 0 Å². The molecule has 1 N–H and O–H groups in total. The number of likely N-dealkylation sites (N-methyl/N-ethyl adjacent to an activating group) is 1. The van der Waals surface area contributed by atoms with Crippen LogP contribution in [0, 0.1) is 0 Å². The summed E-state index contributed by atoms with van der Waals surface area (Å²) in [6, 6.07) is 0.396. The van der Waals surface area contributed by atoms with Crippen LogP contribution >= 0.6 is 0 Å². The quantitative estimate of drug-likeness (QED) is 0.798. The number of carbonyl (C=O) groups is 1. The molecule has 0 bridgehead atoms. The average molecular weight is 293 g/mol. The van der Waals surface area contributed by atoms with Gasteiger partial charge in [0.05, 0.1) is 13.2 Å². The average Bonchev–Trinajstić information content (AvgIpc) is 3.14. The lowest BCUT2D eigenvalue weighted by Gasteiger charge is -2.33. The smallest absolute Gasteiger partial charge is 0.326 e. The molecule has 0 radical (unpaired) electrons. The number of ether oxygens (including phenoxy) is 1. The number of fused-ring (bicyclic) bond motifs is 1. The molecule has 2 aliphatic rings. The van der Waals surface area contributed by atoms with Crippen molar-refractivity contribution >= 4 is 5.97 Å². The fraction of sp³-hybridized carbons (Fsp3) is 0.786. The molecule has 1 aliphatic heterocycles. The number of carbonyl (C=O) groups excluding carboxylic acids is 1. The van der Waals surface area contributed by atoms with Gasteiger partial charge in [-0.25, -0.2) is 0 Å². The first-order chi connectivity index (χ1) is 10.2. The molecular weight excluding hydrogens is 270 g/mol. The summed E-state index contributed by atoms with van der Waals surface area (Å²) in [5.41, 5.74) is -0.522. The minimum atomic E-state index is -0.522. The van der Waals surface area contributed by atoms with E-state index in [1.54, 1.807) is 6.33 Å². The summed E-state index contributed by atoms with van der Waals surface area (Å²) in [4.78, 5) is 14.7. The Bertz CT molecular complexity index is 517. The van der Waals surface area contributed by atoms with E-state index in [0.717, 1.165) is 44.7 Å². The molecule has 1 aromatic rings. The highest BCUT2D eigenvalue weighted by Gasteiger charge is 2.47. The molecule has 21 heavy (non-hydrogen) atoms. The third-order valence-corrected chi connectivity index (χ3v) is 4.82. The van der Waals surface area contributed by atoms with Gasteiger partial charge in [0.15, 0.2) is 0 Å². The van der Waals surface area contributed by atoms with E-state index in [4.69, 9.17) is 4.74 Å². The van der Waals surface area contributed by atoms with Gasteiger partial charge in [0.1, 0.15) is 17.7 Å². The summed E-state index contributed by atoms with van der Waals surface area (Å²) in [5, 5.41) is 11.3. The molecule has 1 saturated carbocycles. The third kappa shape index (κ3) is 2.55. The van der Waals surface area contributed by atoms with E-state index in [2.05, 4.69) is 25.0 Å². The number of hydrogen-bond acceptors (Lipinski definition) is 6. The van der Waals surface area contributed by atoms with Crippen LogP contribution in [-0.2, 0) is 22.6 Å². The second kappa shape index (κ2) is 5.73. The maximum Gasteiger partial charge on any atom is 0.326 e. The van der Waals surface area contributed by atoms with Gasteiger partial charge in [-0.1, -0.05) is 0 Å². The Balaban J connectivity index is 1.68. The van der Waals surface area contributed by atoms with Crippen molar-refractivity contribution in [2.24, 2.45) is 0 Å². The molecule has 116 valence electrons. The summed E-state index contributed by atoms with van der Waals surface area (Å²) >= 11 is 0. The van der Waals surface area contributed by atoms with Crippen LogP contribution < -0.4 is 5.32 Å². The highest BCUT2D eigenvalue weighted by molar-refractivity contribution is 5.81. The van der Waals surface area contributed by atoms with Gasteiger partial charge in [-0.15, -0.1) is 10.2 Å². The highest BCUT2D eigenvalue weighted by Crippen LogP contribution is 2.35. The second-order valence-corrected chi connectivity index (χ2v) is 5.86. The number of nitrogens with zero attached hydrogens (tertiary/aromatic N) is 4. The zero-order chi connectivity index (χ0) is 14.9. The summed E-state index contributed by atoms with van der Waals surface area (Å²) in [5.74, 6) is 0.898. The number of aromatic nitrogens is 3. The van der Waals surface area contributed by atoms with E-state index in [1.165, 1.54) is 0 Å².